The first-order valence-electron chi connectivity index (χ1n) is 6.43. The van der Waals surface area contributed by atoms with E-state index in [2.05, 4.69) is 0 Å². The molecule has 0 aliphatic rings. The van der Waals surface area contributed by atoms with Gasteiger partial charge in [-0.15, -0.1) is 0 Å². The summed E-state index contributed by atoms with van der Waals surface area (Å²) in [5.74, 6) is -1.15. The Morgan fingerprint density at radius 2 is 2.10 bits per heavy atom. The molecule has 2 atom stereocenters. The van der Waals surface area contributed by atoms with Gasteiger partial charge in [0.15, 0.2) is 5.85 Å². The zero-order chi connectivity index (χ0) is 16.0. The largest absolute Gasteiger partial charge is 0.479 e. The molecule has 1 aromatic carbocycles. The molecule has 21 heavy (non-hydrogen) atoms. The van der Waals surface area contributed by atoms with Crippen molar-refractivity contribution in [3.05, 3.63) is 23.0 Å². The van der Waals surface area contributed by atoms with Gasteiger partial charge >= 0.3 is 0 Å². The summed E-state index contributed by atoms with van der Waals surface area (Å²) in [5.41, 5.74) is 5.40. The standard InChI is InChI=1S/C13H20ClFNO4P/c1-4-13(21(3,17)19-6-5-18-2)20-12-8-11(16)10(15)7-9(12)14/h7-8,13H,4-6,16H2,1-3H3. The van der Waals surface area contributed by atoms with Gasteiger partial charge in [0.25, 0.3) is 0 Å². The van der Waals surface area contributed by atoms with Crippen LogP contribution in [0.4, 0.5) is 10.1 Å². The Hall–Kier alpha value is -0.810. The van der Waals surface area contributed by atoms with E-state index in [9.17, 15) is 8.96 Å². The molecule has 8 heteroatoms. The molecule has 2 unspecified atom stereocenters. The van der Waals surface area contributed by atoms with Crippen LogP contribution in [-0.2, 0) is 13.8 Å². The van der Waals surface area contributed by atoms with Crippen LogP contribution < -0.4 is 10.5 Å². The van der Waals surface area contributed by atoms with Gasteiger partial charge in [-0.3, -0.25) is 4.57 Å². The van der Waals surface area contributed by atoms with Crippen molar-refractivity contribution in [2.45, 2.75) is 19.2 Å². The van der Waals surface area contributed by atoms with Crippen LogP contribution in [0.2, 0.25) is 5.02 Å². The van der Waals surface area contributed by atoms with Crippen LogP contribution in [0.15, 0.2) is 12.1 Å². The second-order valence-corrected chi connectivity index (χ2v) is 7.58. The van der Waals surface area contributed by atoms with Gasteiger partial charge in [0.2, 0.25) is 7.37 Å². The predicted octanol–water partition coefficient (Wildman–Crippen LogP) is 3.75. The number of nitrogen functional groups attached to an aromatic ring is 1. The topological polar surface area (TPSA) is 70.8 Å². The number of hydrogen-bond acceptors (Lipinski definition) is 5. The monoisotopic (exact) mass is 339 g/mol. The van der Waals surface area contributed by atoms with Crippen LogP contribution in [-0.4, -0.2) is 32.8 Å². The maximum absolute atomic E-state index is 13.3. The molecule has 0 radical (unpaired) electrons. The molecule has 0 bridgehead atoms. The van der Waals surface area contributed by atoms with Crippen molar-refractivity contribution in [2.75, 3.05) is 32.7 Å². The Morgan fingerprint density at radius 1 is 1.43 bits per heavy atom. The van der Waals surface area contributed by atoms with E-state index in [1.165, 1.54) is 19.8 Å². The molecule has 2 N–H and O–H groups in total. The lowest BCUT2D eigenvalue weighted by Gasteiger charge is -2.25. The van der Waals surface area contributed by atoms with Crippen molar-refractivity contribution >= 4 is 24.7 Å². The van der Waals surface area contributed by atoms with Crippen molar-refractivity contribution in [1.29, 1.82) is 0 Å². The second-order valence-electron chi connectivity index (χ2n) is 4.52. The highest BCUT2D eigenvalue weighted by atomic mass is 35.5. The summed E-state index contributed by atoms with van der Waals surface area (Å²) in [6.45, 7) is 3.82. The highest BCUT2D eigenvalue weighted by Gasteiger charge is 2.30. The lowest BCUT2D eigenvalue weighted by molar-refractivity contribution is 0.139. The molecule has 0 aliphatic carbocycles. The summed E-state index contributed by atoms with van der Waals surface area (Å²) >= 11 is 5.91. The number of methoxy groups -OCH3 is 1. The fraction of sp³-hybridized carbons (Fsp3) is 0.538. The Morgan fingerprint density at radius 3 is 2.67 bits per heavy atom. The first kappa shape index (κ1) is 18.2. The molecule has 0 saturated heterocycles. The van der Waals surface area contributed by atoms with E-state index < -0.39 is 19.0 Å². The highest BCUT2D eigenvalue weighted by Crippen LogP contribution is 2.50. The van der Waals surface area contributed by atoms with Crippen molar-refractivity contribution in [3.63, 3.8) is 0 Å². The molecule has 0 amide bonds. The average molecular weight is 340 g/mol. The minimum atomic E-state index is -3.04. The van der Waals surface area contributed by atoms with Gasteiger partial charge in [0.1, 0.15) is 11.6 Å². The molecule has 0 saturated carbocycles. The molecule has 1 aromatic rings. The van der Waals surface area contributed by atoms with E-state index in [1.54, 1.807) is 6.92 Å². The zero-order valence-electron chi connectivity index (χ0n) is 12.3. The number of rotatable bonds is 8. The Kier molecular flexibility index (Phi) is 6.94. The van der Waals surface area contributed by atoms with Gasteiger partial charge in [-0.1, -0.05) is 18.5 Å². The van der Waals surface area contributed by atoms with Gasteiger partial charge in [-0.05, 0) is 12.5 Å². The number of benzene rings is 1. The van der Waals surface area contributed by atoms with Crippen LogP contribution in [0.3, 0.4) is 0 Å². The van der Waals surface area contributed by atoms with Gasteiger partial charge in [0.05, 0.1) is 23.9 Å². The van der Waals surface area contributed by atoms with Gasteiger partial charge in [-0.25, -0.2) is 4.39 Å². The maximum atomic E-state index is 13.3. The Bertz CT molecular complexity index is 529. The van der Waals surface area contributed by atoms with Gasteiger partial charge in [-0.2, -0.15) is 0 Å². The number of anilines is 1. The minimum absolute atomic E-state index is 0.0667. The molecule has 0 aromatic heterocycles. The van der Waals surface area contributed by atoms with Crippen molar-refractivity contribution in [3.8, 4) is 5.75 Å². The zero-order valence-corrected chi connectivity index (χ0v) is 13.9. The summed E-state index contributed by atoms with van der Waals surface area (Å²) < 4.78 is 41.6. The molecular formula is C13H20ClFNO4P. The molecule has 1 rings (SSSR count). The van der Waals surface area contributed by atoms with Crippen LogP contribution >= 0.6 is 19.0 Å². The summed E-state index contributed by atoms with van der Waals surface area (Å²) in [6, 6.07) is 2.33. The van der Waals surface area contributed by atoms with E-state index in [4.69, 9.17) is 31.3 Å². The van der Waals surface area contributed by atoms with Crippen LogP contribution in [0.1, 0.15) is 13.3 Å². The number of hydrogen-bond donors (Lipinski definition) is 1. The summed E-state index contributed by atoms with van der Waals surface area (Å²) in [7, 11) is -1.51. The third-order valence-electron chi connectivity index (χ3n) is 2.82. The van der Waals surface area contributed by atoms with Crippen LogP contribution in [0, 0.1) is 5.82 Å². The van der Waals surface area contributed by atoms with E-state index >= 15 is 0 Å². The molecule has 120 valence electrons. The maximum Gasteiger partial charge on any atom is 0.239 e. The van der Waals surface area contributed by atoms with Gasteiger partial charge in [0, 0.05) is 19.8 Å². The van der Waals surface area contributed by atoms with Gasteiger partial charge < -0.3 is 19.7 Å². The lowest BCUT2D eigenvalue weighted by atomic mass is 10.3. The molecule has 5 nitrogen and oxygen atoms in total. The molecule has 0 heterocycles. The SMILES string of the molecule is CCC(Oc1cc(N)c(F)cc1Cl)P(C)(=O)OCCOC. The van der Waals surface area contributed by atoms with Crippen molar-refractivity contribution in [2.24, 2.45) is 0 Å². The minimum Gasteiger partial charge on any atom is -0.479 e. The average Bonchev–Trinajstić information content (AvgIpc) is 2.41. The van der Waals surface area contributed by atoms with Crippen LogP contribution in [0.25, 0.3) is 0 Å². The third kappa shape index (κ3) is 5.15. The van der Waals surface area contributed by atoms with E-state index in [-0.39, 0.29) is 23.1 Å². The summed E-state index contributed by atoms with van der Waals surface area (Å²) in [4.78, 5) is 0. The Labute approximate surface area is 129 Å². The number of nitrogens with two attached hydrogens (primary N) is 1. The lowest BCUT2D eigenvalue weighted by Crippen LogP contribution is -2.18. The Balaban J connectivity index is 2.87. The number of ether oxygens (including phenoxy) is 2. The quantitative estimate of drug-likeness (QED) is 0.444. The van der Waals surface area contributed by atoms with E-state index in [0.29, 0.717) is 13.0 Å². The van der Waals surface area contributed by atoms with Crippen LogP contribution in [0.5, 0.6) is 5.75 Å². The fourth-order valence-electron chi connectivity index (χ4n) is 1.68. The van der Waals surface area contributed by atoms with E-state index in [0.717, 1.165) is 6.07 Å². The van der Waals surface area contributed by atoms with Crippen molar-refractivity contribution < 1.29 is 23.0 Å². The summed E-state index contributed by atoms with van der Waals surface area (Å²) in [6.07, 6.45) is 0.439. The number of halogens is 2. The molecule has 0 spiro atoms. The van der Waals surface area contributed by atoms with E-state index in [1.807, 2.05) is 0 Å². The first-order valence-corrected chi connectivity index (χ1v) is 8.95. The normalized spacial score (nSPS) is 15.5. The molecule has 0 fully saturated rings. The molecular weight excluding hydrogens is 320 g/mol. The first-order chi connectivity index (χ1) is 9.81. The molecule has 0 aliphatic heterocycles. The third-order valence-corrected chi connectivity index (χ3v) is 5.33. The van der Waals surface area contributed by atoms with Crippen molar-refractivity contribution in [1.82, 2.24) is 0 Å². The highest BCUT2D eigenvalue weighted by molar-refractivity contribution is 7.58. The predicted molar refractivity (Wildman–Crippen MR) is 81.9 cm³/mol. The summed E-state index contributed by atoms with van der Waals surface area (Å²) in [5, 5.41) is 0.0667. The smallest absolute Gasteiger partial charge is 0.239 e. The second kappa shape index (κ2) is 7.99. The fourth-order valence-corrected chi connectivity index (χ4v) is 3.44.